The fourth-order valence-corrected chi connectivity index (χ4v) is 8.06. The molecule has 0 aliphatic carbocycles. The maximum absolute atomic E-state index is 14.9. The Balaban J connectivity index is 1.20. The molecule has 0 unspecified atom stereocenters. The van der Waals surface area contributed by atoms with Crippen molar-refractivity contribution in [3.05, 3.63) is 172 Å². The van der Waals surface area contributed by atoms with Crippen LogP contribution in [0.15, 0.2) is 127 Å². The van der Waals surface area contributed by atoms with Gasteiger partial charge in [-0.25, -0.2) is 0 Å². The molecule has 1 atom stereocenters. The summed E-state index contributed by atoms with van der Waals surface area (Å²) in [4.78, 5) is 48.6. The molecule has 6 aromatic rings. The van der Waals surface area contributed by atoms with Crippen molar-refractivity contribution in [1.82, 2.24) is 14.4 Å². The van der Waals surface area contributed by atoms with Gasteiger partial charge in [0.05, 0.1) is 12.0 Å². The molecular formula is C47H44N4O4. The molecule has 8 heteroatoms. The zero-order valence-electron chi connectivity index (χ0n) is 31.4. The van der Waals surface area contributed by atoms with Crippen molar-refractivity contribution in [1.29, 1.82) is 0 Å². The molecule has 8 rings (SSSR count). The summed E-state index contributed by atoms with van der Waals surface area (Å²) >= 11 is 0. The van der Waals surface area contributed by atoms with Gasteiger partial charge in [-0.3, -0.25) is 19.3 Å². The van der Waals surface area contributed by atoms with Crippen LogP contribution in [0.2, 0.25) is 0 Å². The first kappa shape index (κ1) is 35.6. The second kappa shape index (κ2) is 14.8. The van der Waals surface area contributed by atoms with Gasteiger partial charge in [-0.05, 0) is 109 Å². The monoisotopic (exact) mass is 728 g/mol. The van der Waals surface area contributed by atoms with Crippen molar-refractivity contribution in [3.63, 3.8) is 0 Å². The van der Waals surface area contributed by atoms with Crippen molar-refractivity contribution in [2.75, 3.05) is 11.4 Å². The van der Waals surface area contributed by atoms with Gasteiger partial charge in [0.25, 0.3) is 11.8 Å². The van der Waals surface area contributed by atoms with E-state index in [9.17, 15) is 19.5 Å². The highest BCUT2D eigenvalue weighted by atomic mass is 16.3. The van der Waals surface area contributed by atoms with Crippen molar-refractivity contribution in [3.8, 4) is 17.0 Å². The maximum Gasteiger partial charge on any atom is 0.264 e. The lowest BCUT2D eigenvalue weighted by atomic mass is 9.89. The topological polar surface area (TPSA) is 86.1 Å². The van der Waals surface area contributed by atoms with Crippen LogP contribution in [-0.2, 0) is 44.2 Å². The first-order valence-corrected chi connectivity index (χ1v) is 18.9. The number of phenolic OH excluding ortho intramolecular Hbond substituents is 1. The summed E-state index contributed by atoms with van der Waals surface area (Å²) < 4.78 is 2.00. The first-order chi connectivity index (χ1) is 26.7. The normalized spacial score (nSPS) is 14.9. The summed E-state index contributed by atoms with van der Waals surface area (Å²) in [6, 6.07) is 40.1. The number of benzene rings is 5. The summed E-state index contributed by atoms with van der Waals surface area (Å²) in [5.41, 5.74) is 10.1. The molecule has 1 N–H and O–H groups in total. The van der Waals surface area contributed by atoms with Gasteiger partial charge in [0.2, 0.25) is 5.91 Å². The minimum absolute atomic E-state index is 0.0211. The number of rotatable bonds is 7. The second-order valence-electron chi connectivity index (χ2n) is 14.7. The Kier molecular flexibility index (Phi) is 9.57. The van der Waals surface area contributed by atoms with Crippen molar-refractivity contribution >= 4 is 29.1 Å². The van der Waals surface area contributed by atoms with Crippen LogP contribution in [0.1, 0.15) is 61.2 Å². The molecule has 276 valence electrons. The van der Waals surface area contributed by atoms with E-state index in [1.165, 1.54) is 5.56 Å². The van der Waals surface area contributed by atoms with E-state index in [0.717, 1.165) is 45.6 Å². The Morgan fingerprint density at radius 1 is 0.727 bits per heavy atom. The van der Waals surface area contributed by atoms with Crippen molar-refractivity contribution in [2.45, 2.75) is 52.2 Å². The molecule has 5 aromatic carbocycles. The minimum Gasteiger partial charge on any atom is -0.508 e. The van der Waals surface area contributed by atoms with Crippen LogP contribution in [-0.4, -0.2) is 49.8 Å². The van der Waals surface area contributed by atoms with E-state index in [-0.39, 0.29) is 29.5 Å². The van der Waals surface area contributed by atoms with Gasteiger partial charge in [0.1, 0.15) is 5.75 Å². The van der Waals surface area contributed by atoms with Gasteiger partial charge in [0.15, 0.2) is 0 Å². The van der Waals surface area contributed by atoms with Crippen LogP contribution in [0.25, 0.3) is 11.3 Å². The molecule has 0 saturated heterocycles. The predicted molar refractivity (Wildman–Crippen MR) is 215 cm³/mol. The van der Waals surface area contributed by atoms with E-state index in [1.807, 2.05) is 113 Å². The summed E-state index contributed by atoms with van der Waals surface area (Å²) in [5, 5.41) is 10.0. The van der Waals surface area contributed by atoms with Crippen LogP contribution in [0.4, 0.5) is 11.4 Å². The number of hydrogen-bond donors (Lipinski definition) is 1. The molecule has 0 spiro atoms. The summed E-state index contributed by atoms with van der Waals surface area (Å²) in [7, 11) is 1.94. The van der Waals surface area contributed by atoms with Crippen LogP contribution in [0, 0.1) is 6.92 Å². The lowest BCUT2D eigenvalue weighted by Crippen LogP contribution is -2.43. The Morgan fingerprint density at radius 2 is 1.38 bits per heavy atom. The number of phenols is 1. The molecule has 0 bridgehead atoms. The van der Waals surface area contributed by atoms with E-state index < -0.39 is 0 Å². The number of anilines is 2. The lowest BCUT2D eigenvalue weighted by Gasteiger charge is -2.36. The zero-order chi connectivity index (χ0) is 38.2. The average Bonchev–Trinajstić information content (AvgIpc) is 3.51. The number of para-hydroxylation sites is 1. The number of amides is 3. The molecule has 0 radical (unpaired) electrons. The standard InChI is InChI=1S/C47H44N4O4/c1-31-24-34-14-10-11-15-36(34)30-50(31)46(54)43-27-37-29-49(45(53)25-33-12-6-4-7-13-33)23-22-35(37)26-42(43)44-28-41(32(2)48(44)3)47(55)51(38-16-8-5-9-17-38)39-18-20-40(52)21-19-39/h4-21,26-28,31,52H,22-25,29-30H2,1-3H3/t31-/m1/s1. The number of aromatic hydroxyl groups is 1. The highest BCUT2D eigenvalue weighted by Gasteiger charge is 2.33. The number of hydrogen-bond acceptors (Lipinski definition) is 4. The molecule has 0 saturated carbocycles. The van der Waals surface area contributed by atoms with Gasteiger partial charge in [0, 0.05) is 66.6 Å². The fourth-order valence-electron chi connectivity index (χ4n) is 8.06. The largest absolute Gasteiger partial charge is 0.508 e. The average molecular weight is 729 g/mol. The third-order valence-corrected chi connectivity index (χ3v) is 11.3. The van der Waals surface area contributed by atoms with Gasteiger partial charge < -0.3 is 19.5 Å². The SMILES string of the molecule is Cc1c(C(=O)N(c2ccccc2)c2ccc(O)cc2)cc(-c2cc3c(cc2C(=O)N2Cc4ccccc4C[C@H]2C)CN(C(=O)Cc2ccccc2)CC3)n1C. The second-order valence-corrected chi connectivity index (χ2v) is 14.7. The fraction of sp³-hybridized carbons (Fsp3) is 0.213. The van der Waals surface area contributed by atoms with E-state index in [1.54, 1.807) is 29.2 Å². The van der Waals surface area contributed by atoms with Crippen LogP contribution < -0.4 is 4.90 Å². The Labute approximate surface area is 321 Å². The first-order valence-electron chi connectivity index (χ1n) is 18.9. The van der Waals surface area contributed by atoms with E-state index in [0.29, 0.717) is 55.0 Å². The lowest BCUT2D eigenvalue weighted by molar-refractivity contribution is -0.131. The quantitative estimate of drug-likeness (QED) is 0.179. The Bertz CT molecular complexity index is 2400. The molecular weight excluding hydrogens is 685 g/mol. The third-order valence-electron chi connectivity index (χ3n) is 11.3. The number of nitrogens with zero attached hydrogens (tertiary/aromatic N) is 4. The van der Waals surface area contributed by atoms with Crippen LogP contribution in [0.5, 0.6) is 5.75 Å². The van der Waals surface area contributed by atoms with Crippen molar-refractivity contribution in [2.24, 2.45) is 7.05 Å². The molecule has 3 heterocycles. The number of carbonyl (C=O) groups excluding carboxylic acids is 3. The summed E-state index contributed by atoms with van der Waals surface area (Å²) in [6.45, 7) is 5.54. The van der Waals surface area contributed by atoms with Crippen molar-refractivity contribution < 1.29 is 19.5 Å². The number of fused-ring (bicyclic) bond motifs is 2. The number of aromatic nitrogens is 1. The highest BCUT2D eigenvalue weighted by Crippen LogP contribution is 2.37. The maximum atomic E-state index is 14.9. The molecule has 1 aromatic heterocycles. The Hall–Kier alpha value is -6.41. The minimum atomic E-state index is -0.226. The Morgan fingerprint density at radius 3 is 2.11 bits per heavy atom. The highest BCUT2D eigenvalue weighted by molar-refractivity contribution is 6.12. The molecule has 3 amide bonds. The van der Waals surface area contributed by atoms with Gasteiger partial charge in [-0.1, -0.05) is 72.8 Å². The molecule has 55 heavy (non-hydrogen) atoms. The van der Waals surface area contributed by atoms with Gasteiger partial charge in [-0.15, -0.1) is 0 Å². The molecule has 8 nitrogen and oxygen atoms in total. The molecule has 2 aliphatic heterocycles. The van der Waals surface area contributed by atoms with E-state index in [2.05, 4.69) is 25.1 Å². The molecule has 0 fully saturated rings. The predicted octanol–water partition coefficient (Wildman–Crippen LogP) is 8.40. The van der Waals surface area contributed by atoms with Gasteiger partial charge >= 0.3 is 0 Å². The smallest absolute Gasteiger partial charge is 0.264 e. The number of carbonyl (C=O) groups is 3. The van der Waals surface area contributed by atoms with E-state index in [4.69, 9.17) is 0 Å². The third kappa shape index (κ3) is 6.92. The van der Waals surface area contributed by atoms with Gasteiger partial charge in [-0.2, -0.15) is 0 Å². The van der Waals surface area contributed by atoms with Crippen LogP contribution >= 0.6 is 0 Å². The van der Waals surface area contributed by atoms with Crippen LogP contribution in [0.3, 0.4) is 0 Å². The summed E-state index contributed by atoms with van der Waals surface area (Å²) in [6.07, 6.45) is 1.75. The zero-order valence-corrected chi connectivity index (χ0v) is 31.4. The van der Waals surface area contributed by atoms with E-state index >= 15 is 0 Å². The molecule has 2 aliphatic rings. The summed E-state index contributed by atoms with van der Waals surface area (Å²) in [5.74, 6) is -0.125.